The Kier molecular flexibility index (Phi) is 6.38. The second kappa shape index (κ2) is 7.29. The first-order valence-electron chi connectivity index (χ1n) is 5.81. The molecule has 0 bridgehead atoms. The van der Waals surface area contributed by atoms with Gasteiger partial charge in [-0.3, -0.25) is 0 Å². The molecule has 96 valence electrons. The Morgan fingerprint density at radius 2 is 2.18 bits per heavy atom. The molecule has 2 nitrogen and oxygen atoms in total. The average molecular weight is 317 g/mol. The van der Waals surface area contributed by atoms with E-state index in [1.807, 2.05) is 18.7 Å². The van der Waals surface area contributed by atoms with Gasteiger partial charge in [-0.05, 0) is 43.0 Å². The van der Waals surface area contributed by atoms with E-state index >= 15 is 0 Å². The first-order chi connectivity index (χ1) is 8.06. The summed E-state index contributed by atoms with van der Waals surface area (Å²) in [6.07, 6.45) is 3.36. The third kappa shape index (κ3) is 4.53. The predicted octanol–water partition coefficient (Wildman–Crippen LogP) is 3.66. The molecule has 0 heterocycles. The Labute approximate surface area is 117 Å². The van der Waals surface area contributed by atoms with Crippen LogP contribution >= 0.6 is 27.7 Å². The molecule has 1 rings (SSSR count). The summed E-state index contributed by atoms with van der Waals surface area (Å²) >= 11 is 5.48. The van der Waals surface area contributed by atoms with Crippen LogP contribution < -0.4 is 10.6 Å². The smallest absolute Gasteiger partial charge is 0.0375 e. The van der Waals surface area contributed by atoms with Crippen LogP contribution in [0.2, 0.25) is 0 Å². The summed E-state index contributed by atoms with van der Waals surface area (Å²) in [5.41, 5.74) is 8.29. The maximum Gasteiger partial charge on any atom is 0.0375 e. The van der Waals surface area contributed by atoms with Gasteiger partial charge in [0.1, 0.15) is 0 Å². The van der Waals surface area contributed by atoms with Crippen molar-refractivity contribution in [2.24, 2.45) is 5.73 Å². The third-order valence-corrected chi connectivity index (χ3v) is 4.14. The van der Waals surface area contributed by atoms with Crippen LogP contribution in [-0.4, -0.2) is 25.6 Å². The SMILES string of the molecule is CSCCCN(C)c1ccc([C@H](C)N)c(Br)c1. The van der Waals surface area contributed by atoms with Gasteiger partial charge in [0.05, 0.1) is 0 Å². The first-order valence-corrected chi connectivity index (χ1v) is 8.00. The second-order valence-corrected chi connectivity index (χ2v) is 6.10. The molecule has 4 heteroatoms. The van der Waals surface area contributed by atoms with Gasteiger partial charge < -0.3 is 10.6 Å². The topological polar surface area (TPSA) is 29.3 Å². The lowest BCUT2D eigenvalue weighted by atomic mass is 10.1. The van der Waals surface area contributed by atoms with Crippen LogP contribution in [0, 0.1) is 0 Å². The molecule has 2 N–H and O–H groups in total. The van der Waals surface area contributed by atoms with Crippen molar-refractivity contribution in [3.63, 3.8) is 0 Å². The maximum absolute atomic E-state index is 5.89. The molecule has 0 unspecified atom stereocenters. The van der Waals surface area contributed by atoms with E-state index in [0.717, 1.165) is 16.6 Å². The van der Waals surface area contributed by atoms with Gasteiger partial charge in [-0.1, -0.05) is 22.0 Å². The molecule has 0 amide bonds. The second-order valence-electron chi connectivity index (χ2n) is 4.26. The highest BCUT2D eigenvalue weighted by atomic mass is 79.9. The number of hydrogen-bond donors (Lipinski definition) is 1. The first kappa shape index (κ1) is 14.9. The minimum absolute atomic E-state index is 0.0697. The van der Waals surface area contributed by atoms with Crippen molar-refractivity contribution in [1.82, 2.24) is 0 Å². The molecular weight excluding hydrogens is 296 g/mol. The van der Waals surface area contributed by atoms with E-state index in [1.54, 1.807) is 0 Å². The molecule has 0 fully saturated rings. The zero-order valence-electron chi connectivity index (χ0n) is 10.7. The predicted molar refractivity (Wildman–Crippen MR) is 83.0 cm³/mol. The van der Waals surface area contributed by atoms with E-state index in [9.17, 15) is 0 Å². The monoisotopic (exact) mass is 316 g/mol. The number of rotatable bonds is 6. The van der Waals surface area contributed by atoms with Crippen LogP contribution in [0.5, 0.6) is 0 Å². The van der Waals surface area contributed by atoms with Crippen molar-refractivity contribution in [2.45, 2.75) is 19.4 Å². The highest BCUT2D eigenvalue weighted by Crippen LogP contribution is 2.27. The van der Waals surface area contributed by atoms with Gasteiger partial charge in [-0.2, -0.15) is 11.8 Å². The molecule has 1 aromatic rings. The van der Waals surface area contributed by atoms with E-state index in [1.165, 1.54) is 17.9 Å². The summed E-state index contributed by atoms with van der Waals surface area (Å²) in [5.74, 6) is 1.21. The Balaban J connectivity index is 2.69. The molecule has 0 aliphatic rings. The molecule has 17 heavy (non-hydrogen) atoms. The van der Waals surface area contributed by atoms with Crippen LogP contribution in [0.4, 0.5) is 5.69 Å². The molecule has 0 saturated heterocycles. The quantitative estimate of drug-likeness (QED) is 0.812. The lowest BCUT2D eigenvalue weighted by Gasteiger charge is -2.20. The molecule has 1 aromatic carbocycles. The lowest BCUT2D eigenvalue weighted by Crippen LogP contribution is -2.19. The molecule has 0 aliphatic heterocycles. The zero-order chi connectivity index (χ0) is 12.8. The third-order valence-electron chi connectivity index (χ3n) is 2.76. The fourth-order valence-electron chi connectivity index (χ4n) is 1.70. The van der Waals surface area contributed by atoms with Gasteiger partial charge in [-0.15, -0.1) is 0 Å². The van der Waals surface area contributed by atoms with Crippen molar-refractivity contribution in [3.8, 4) is 0 Å². The van der Waals surface area contributed by atoms with E-state index in [-0.39, 0.29) is 6.04 Å². The molecule has 0 radical (unpaired) electrons. The van der Waals surface area contributed by atoms with Crippen molar-refractivity contribution in [3.05, 3.63) is 28.2 Å². The van der Waals surface area contributed by atoms with E-state index < -0.39 is 0 Å². The Hall–Kier alpha value is -0.190. The molecule has 1 atom stereocenters. The number of anilines is 1. The molecule has 0 saturated carbocycles. The summed E-state index contributed by atoms with van der Waals surface area (Å²) in [4.78, 5) is 2.28. The minimum atomic E-state index is 0.0697. The van der Waals surface area contributed by atoms with Crippen LogP contribution in [0.1, 0.15) is 24.9 Å². The summed E-state index contributed by atoms with van der Waals surface area (Å²) in [6.45, 7) is 3.09. The summed E-state index contributed by atoms with van der Waals surface area (Å²) in [5, 5.41) is 0. The van der Waals surface area contributed by atoms with Crippen LogP contribution in [0.15, 0.2) is 22.7 Å². The van der Waals surface area contributed by atoms with E-state index in [4.69, 9.17) is 5.73 Å². The Bertz CT molecular complexity index is 355. The number of hydrogen-bond acceptors (Lipinski definition) is 3. The molecule has 0 aliphatic carbocycles. The van der Waals surface area contributed by atoms with Crippen LogP contribution in [0.25, 0.3) is 0 Å². The average Bonchev–Trinajstić information content (AvgIpc) is 2.28. The molecular formula is C13H21BrN2S. The Morgan fingerprint density at radius 3 is 2.71 bits per heavy atom. The maximum atomic E-state index is 5.89. The highest BCUT2D eigenvalue weighted by Gasteiger charge is 2.07. The number of halogens is 1. The minimum Gasteiger partial charge on any atom is -0.375 e. The normalized spacial score (nSPS) is 12.5. The van der Waals surface area contributed by atoms with Gasteiger partial charge in [0.2, 0.25) is 0 Å². The highest BCUT2D eigenvalue weighted by molar-refractivity contribution is 9.10. The van der Waals surface area contributed by atoms with Gasteiger partial charge in [-0.25, -0.2) is 0 Å². The van der Waals surface area contributed by atoms with Gasteiger partial charge in [0.15, 0.2) is 0 Å². The zero-order valence-corrected chi connectivity index (χ0v) is 13.1. The standard InChI is InChI=1S/C13H21BrN2S/c1-10(15)12-6-5-11(9-13(12)14)16(2)7-4-8-17-3/h5-6,9-10H,4,7-8,15H2,1-3H3/t10-/m0/s1. The Morgan fingerprint density at radius 1 is 1.47 bits per heavy atom. The van der Waals surface area contributed by atoms with Crippen molar-refractivity contribution in [1.29, 1.82) is 0 Å². The van der Waals surface area contributed by atoms with E-state index in [0.29, 0.717) is 0 Å². The van der Waals surface area contributed by atoms with E-state index in [2.05, 4.69) is 52.3 Å². The van der Waals surface area contributed by atoms with Crippen molar-refractivity contribution in [2.75, 3.05) is 30.5 Å². The number of nitrogens with two attached hydrogens (primary N) is 1. The van der Waals surface area contributed by atoms with Crippen molar-refractivity contribution >= 4 is 33.4 Å². The van der Waals surface area contributed by atoms with Crippen molar-refractivity contribution < 1.29 is 0 Å². The van der Waals surface area contributed by atoms with Crippen LogP contribution in [-0.2, 0) is 0 Å². The number of benzene rings is 1. The summed E-state index contributed by atoms with van der Waals surface area (Å²) in [7, 11) is 2.13. The largest absolute Gasteiger partial charge is 0.375 e. The van der Waals surface area contributed by atoms with Gasteiger partial charge in [0.25, 0.3) is 0 Å². The fourth-order valence-corrected chi connectivity index (χ4v) is 2.84. The fraction of sp³-hybridized carbons (Fsp3) is 0.538. The lowest BCUT2D eigenvalue weighted by molar-refractivity contribution is 0.810. The molecule has 0 spiro atoms. The van der Waals surface area contributed by atoms with Gasteiger partial charge in [0, 0.05) is 29.8 Å². The summed E-state index contributed by atoms with van der Waals surface area (Å²) in [6, 6.07) is 6.47. The van der Waals surface area contributed by atoms with Gasteiger partial charge >= 0.3 is 0 Å². The summed E-state index contributed by atoms with van der Waals surface area (Å²) < 4.78 is 1.10. The number of nitrogens with zero attached hydrogens (tertiary/aromatic N) is 1. The molecule has 0 aromatic heterocycles. The van der Waals surface area contributed by atoms with Crippen LogP contribution in [0.3, 0.4) is 0 Å². The number of thioether (sulfide) groups is 1.